The molecule has 0 saturated carbocycles. The Morgan fingerprint density at radius 1 is 0.487 bits per heavy atom. The first-order valence-corrected chi connectivity index (χ1v) is 50.1. The smallest absolute Gasteiger partial charge is 0.339 e. The van der Waals surface area contributed by atoms with E-state index in [1.54, 1.807) is 137 Å². The van der Waals surface area contributed by atoms with Crippen LogP contribution in [-0.2, 0) is 31.5 Å². The van der Waals surface area contributed by atoms with Crippen molar-refractivity contribution in [1.29, 1.82) is 10.5 Å². The van der Waals surface area contributed by atoms with Gasteiger partial charge in [0.15, 0.2) is 22.6 Å². The van der Waals surface area contributed by atoms with Gasteiger partial charge >= 0.3 is 5.97 Å². The molecule has 150 heavy (non-hydrogen) atoms. The van der Waals surface area contributed by atoms with Gasteiger partial charge in [-0.05, 0) is 253 Å². The largest absolute Gasteiger partial charge is 0.478 e. The number of alkyl halides is 2. The Balaban J connectivity index is 0.000000358. The van der Waals surface area contributed by atoms with E-state index in [1.807, 2.05) is 224 Å². The summed E-state index contributed by atoms with van der Waals surface area (Å²) in [6.45, 7) is 44.5. The number of Topliss-reactive ketones (excluding diaryl/α,β-unsaturated/α-hetero) is 1. The Bertz CT molecular complexity index is 7420. The second-order valence-corrected chi connectivity index (χ2v) is 33.4. The number of aryl methyl sites for hydroxylation is 8. The molecule has 2 atom stereocenters. The Labute approximate surface area is 908 Å². The van der Waals surface area contributed by atoms with Gasteiger partial charge in [0.2, 0.25) is 11.6 Å². The standard InChI is InChI=1S/C21H17IN8O.C15H14ClN3O2.C15H12ClN3O.C13H13N3O.C9H12N2O.C7H7N3.C7H8N2O2.C6H6IN5.C6H12O2.4C2H6/c1-11-8-9-24-19-15(11)21(31)30(13-6-4-3-5-7-13)14(27-19)10-29-20-16(17(22)28-29)18(23)25-12(2)26-20;1-10-7-8-17-14(19-12(20)9-16)13(10)15(21)18-11-5-3-2-4-6-11;1-10-7-8-17-14-13(10)15(20)19(12(9-16)18-14)11-5-3-2-4-6-11;1-9-7-8-15-12(14)11(9)13(17)16-10-5-3-2-4-6-10;1-7(4-8(2)12-3)9(5-10)6-11;1-5-3-4-10-7(8)6(5)9-2;1-4-2-3-9-6(8)5(4)7(10)11;1-2-9-5(8)3-4(7)11-12-6(3)10-2;1-5(7)4-6(2)8-3;4*1-2/h3-9H,10H2,1-2H3,(H2,23,25,26);2-8H,9H2,1H3,(H,18,21)(H,17,19,20);2-8H,9H2,1H3;2-8H,1H3,(H2,14,15)(H,16,17);8H,4H2,1-3H3;3-4H,1H3,(H2,8,10);2-3H,1H3,(H2,8,9)(H,10,11);1H3,(H3,8,9,10,11,12);6H,4H2,1-3H3;4*1-2H3. The zero-order valence-electron chi connectivity index (χ0n) is 87.6. The minimum Gasteiger partial charge on any atom is -0.478 e. The maximum atomic E-state index is 13.5. The van der Waals surface area contributed by atoms with Gasteiger partial charge in [-0.25, -0.2) is 69.1 Å². The number of carboxylic acid groups (broad SMARTS) is 1. The van der Waals surface area contributed by atoms with Crippen molar-refractivity contribution in [3.8, 4) is 23.5 Å². The number of ketones is 1. The van der Waals surface area contributed by atoms with Crippen molar-refractivity contribution in [1.82, 2.24) is 88.9 Å². The van der Waals surface area contributed by atoms with Gasteiger partial charge in [-0.15, -0.1) is 23.2 Å². The molecule has 12 heterocycles. The van der Waals surface area contributed by atoms with Crippen LogP contribution in [0.25, 0.3) is 60.4 Å². The van der Waals surface area contributed by atoms with Crippen LogP contribution in [0.3, 0.4) is 0 Å². The third-order valence-corrected chi connectivity index (χ3v) is 22.3. The van der Waals surface area contributed by atoms with E-state index in [1.165, 1.54) is 12.4 Å². The molecule has 3 amide bonds. The van der Waals surface area contributed by atoms with E-state index in [4.69, 9.17) is 88.5 Å². The summed E-state index contributed by atoms with van der Waals surface area (Å²) in [5.74, 6) is 1.98. The van der Waals surface area contributed by atoms with E-state index in [2.05, 4.69) is 136 Å². The summed E-state index contributed by atoms with van der Waals surface area (Å²) in [5.41, 5.74) is 39.9. The molecule has 0 aliphatic rings. The van der Waals surface area contributed by atoms with E-state index < -0.39 is 11.9 Å². The molecule has 0 spiro atoms. The number of nitrogens with one attached hydrogen (secondary N) is 4. The molecular weight excluding hydrogens is 2180 g/mol. The molecule has 0 radical (unpaired) electrons. The monoisotopic (exact) mass is 2300 g/mol. The average Bonchev–Trinajstić information content (AvgIpc) is 1.41. The average molecular weight is 2300 g/mol. The number of hydrogen-bond acceptors (Lipinski definition) is 30. The topological polar surface area (TPSA) is 587 Å². The van der Waals surface area contributed by atoms with Crippen LogP contribution in [0.2, 0.25) is 0 Å². The van der Waals surface area contributed by atoms with Crippen LogP contribution < -0.4 is 55.7 Å². The van der Waals surface area contributed by atoms with Crippen molar-refractivity contribution in [2.24, 2.45) is 0 Å². The van der Waals surface area contributed by atoms with Crippen molar-refractivity contribution >= 4 is 194 Å². The van der Waals surface area contributed by atoms with E-state index in [-0.39, 0.29) is 87.8 Å². The predicted octanol–water partition coefficient (Wildman–Crippen LogP) is 20.6. The molecule has 16 aromatic rings. The number of methoxy groups -OCH3 is 2. The van der Waals surface area contributed by atoms with Crippen LogP contribution in [0.5, 0.6) is 0 Å². The number of anilines is 8. The number of amides is 3. The van der Waals surface area contributed by atoms with Crippen LogP contribution in [0.1, 0.15) is 184 Å². The molecule has 2 unspecified atom stereocenters. The number of halogens is 4. The van der Waals surface area contributed by atoms with Gasteiger partial charge in [-0.3, -0.25) is 48.0 Å². The molecule has 16 rings (SSSR count). The summed E-state index contributed by atoms with van der Waals surface area (Å²) >= 11 is 15.6. The van der Waals surface area contributed by atoms with Crippen molar-refractivity contribution in [2.75, 3.05) is 64.7 Å². The van der Waals surface area contributed by atoms with E-state index >= 15 is 0 Å². The first-order chi connectivity index (χ1) is 71.8. The summed E-state index contributed by atoms with van der Waals surface area (Å²) in [5, 5.41) is 47.6. The normalized spacial score (nSPS) is 10.3. The fourth-order valence-corrected chi connectivity index (χ4v) is 14.9. The molecule has 12 aromatic heterocycles. The number of ether oxygens (including phenoxy) is 2. The van der Waals surface area contributed by atoms with E-state index in [0.29, 0.717) is 130 Å². The summed E-state index contributed by atoms with van der Waals surface area (Å²) in [6.07, 6.45) is 10.8. The van der Waals surface area contributed by atoms with Crippen molar-refractivity contribution < 1.29 is 38.6 Å². The number of carboxylic acids is 1. The van der Waals surface area contributed by atoms with Crippen LogP contribution in [0.4, 0.5) is 52.0 Å². The Morgan fingerprint density at radius 2 is 0.887 bits per heavy atom. The molecule has 39 nitrogen and oxygen atoms in total. The highest BCUT2D eigenvalue weighted by Crippen LogP contribution is 2.29. The molecule has 15 N–H and O–H groups in total. The molecule has 0 bridgehead atoms. The number of nitrogens with zero attached hydrogens (tertiary/aromatic N) is 20. The number of benzene rings is 4. The van der Waals surface area contributed by atoms with Crippen LogP contribution >= 0.6 is 68.4 Å². The van der Waals surface area contributed by atoms with Gasteiger partial charge in [0, 0.05) is 69.2 Å². The number of pyridine rings is 6. The molecular formula is C107H125Cl2I2N29O10. The fraction of sp³-hybridized carbons (Fsp3) is 0.271. The number of nitrogens with two attached hydrogens (primary N) is 5. The Morgan fingerprint density at radius 3 is 1.30 bits per heavy atom. The number of carbonyl (C=O) groups excluding carboxylic acids is 4. The number of H-pyrrole nitrogens is 1. The number of aromatic amines is 1. The highest BCUT2D eigenvalue weighted by atomic mass is 127. The highest BCUT2D eigenvalue weighted by molar-refractivity contribution is 14.1. The minimum absolute atomic E-state index is 0.0571. The third kappa shape index (κ3) is 37.1. The first-order valence-electron chi connectivity index (χ1n) is 46.9. The molecule has 786 valence electrons. The van der Waals surface area contributed by atoms with E-state index in [0.717, 1.165) is 54.0 Å². The van der Waals surface area contributed by atoms with Gasteiger partial charge in [0.1, 0.15) is 107 Å². The number of fused-ring (bicyclic) bond motifs is 4. The van der Waals surface area contributed by atoms with Crippen LogP contribution in [0.15, 0.2) is 216 Å². The molecule has 0 saturated heterocycles. The van der Waals surface area contributed by atoms with Crippen molar-refractivity contribution in [2.45, 2.75) is 176 Å². The lowest BCUT2D eigenvalue weighted by atomic mass is 10.1. The maximum absolute atomic E-state index is 13.5. The fourth-order valence-electron chi connectivity index (χ4n) is 13.2. The second-order valence-electron chi connectivity index (χ2n) is 30.8. The van der Waals surface area contributed by atoms with E-state index in [9.17, 15) is 33.6 Å². The summed E-state index contributed by atoms with van der Waals surface area (Å²) < 4.78 is 16.3. The zero-order chi connectivity index (χ0) is 112. The van der Waals surface area contributed by atoms with Gasteiger partial charge in [-0.1, -0.05) is 134 Å². The second kappa shape index (κ2) is 65.5. The maximum Gasteiger partial charge on any atom is 0.339 e. The minimum atomic E-state index is -1.03. The number of hydrogen-bond donors (Lipinski definition) is 10. The number of nitrogen functional groups attached to an aromatic ring is 5. The van der Waals surface area contributed by atoms with Gasteiger partial charge in [0.05, 0.1) is 68.7 Å². The number of carbonyl (C=O) groups is 5. The molecule has 43 heteroatoms. The lowest BCUT2D eigenvalue weighted by molar-refractivity contribution is -0.119. The molecule has 0 aliphatic carbocycles. The number of aromatic carboxylic acids is 1. The van der Waals surface area contributed by atoms with Crippen molar-refractivity contribution in [3.63, 3.8) is 0 Å². The third-order valence-electron chi connectivity index (χ3n) is 20.3. The highest BCUT2D eigenvalue weighted by Gasteiger charge is 2.24. The number of aromatic nitrogens is 18. The molecule has 0 aliphatic heterocycles. The SMILES string of the molecule is CC.CC.CC.CC.COC(C)CC(C)=C(C#N)C#N.COC(C)CC(C)=O.Cc1ccnc(N)c1C(=O)Nc1ccccc1.Cc1ccnc(N)c1C(=O)O.Cc1ccnc(NC(=O)CCl)c1C(=O)Nc1ccccc1.Cc1ccnc2nc(CCl)n(-c3ccccc3)c(=O)c12.Cc1nc(N)c2c(I)[nH]nc2n1.Cc1nc(N)c2c(I)nn(Cc3nc4nccc(C)c4c(=O)n3-c3ccccc3)c2n1.[C-]#[N+]c1c(C)ccnc1N. The van der Waals surface area contributed by atoms with Gasteiger partial charge in [0.25, 0.3) is 22.9 Å². The number of para-hydroxylation sites is 4. The zero-order valence-corrected chi connectivity index (χ0v) is 93.5. The lowest BCUT2D eigenvalue weighted by Gasteiger charge is -2.14. The number of allylic oxidation sites excluding steroid dienone is 1. The molecule has 4 aromatic carbocycles. The Kier molecular flexibility index (Phi) is 55.1. The first kappa shape index (κ1) is 126. The van der Waals surface area contributed by atoms with Gasteiger partial charge in [-0.2, -0.15) is 20.7 Å². The summed E-state index contributed by atoms with van der Waals surface area (Å²) in [4.78, 5) is 136. The lowest BCUT2D eigenvalue weighted by Crippen LogP contribution is -2.26. The van der Waals surface area contributed by atoms with Crippen LogP contribution in [0, 0.1) is 92.0 Å². The predicted molar refractivity (Wildman–Crippen MR) is 612 cm³/mol. The number of nitriles is 2. The quantitative estimate of drug-likeness (QED) is 0.0165. The Hall–Kier alpha value is -16.1. The van der Waals surface area contributed by atoms with Crippen molar-refractivity contribution in [3.05, 3.63) is 319 Å². The van der Waals surface area contributed by atoms with Crippen LogP contribution in [-0.4, -0.2) is 156 Å². The summed E-state index contributed by atoms with van der Waals surface area (Å²) in [6, 6.07) is 51.2. The molecule has 0 fully saturated rings. The summed E-state index contributed by atoms with van der Waals surface area (Å²) in [7, 11) is 3.21. The van der Waals surface area contributed by atoms with Gasteiger partial charge < -0.3 is 59.2 Å². The number of rotatable bonds is 18.